The fourth-order valence-corrected chi connectivity index (χ4v) is 4.08. The van der Waals surface area contributed by atoms with Crippen molar-refractivity contribution in [2.75, 3.05) is 18.0 Å². The Morgan fingerprint density at radius 3 is 2.69 bits per heavy atom. The molecule has 8 nitrogen and oxygen atoms in total. The largest absolute Gasteiger partial charge is 0.357 e. The maximum absolute atomic E-state index is 11.8. The third kappa shape index (κ3) is 3.66. The highest BCUT2D eigenvalue weighted by atomic mass is 16.1. The van der Waals surface area contributed by atoms with Crippen LogP contribution in [0.2, 0.25) is 0 Å². The first kappa shape index (κ1) is 18.0. The van der Waals surface area contributed by atoms with Crippen LogP contribution in [-0.4, -0.2) is 42.8 Å². The van der Waals surface area contributed by atoms with Crippen molar-refractivity contribution < 1.29 is 0 Å². The Kier molecular flexibility index (Phi) is 4.61. The van der Waals surface area contributed by atoms with Crippen LogP contribution in [0.5, 0.6) is 0 Å². The van der Waals surface area contributed by atoms with Gasteiger partial charge >= 0.3 is 0 Å². The van der Waals surface area contributed by atoms with Gasteiger partial charge in [-0.25, -0.2) is 9.97 Å². The van der Waals surface area contributed by atoms with Gasteiger partial charge < -0.3 is 14.5 Å². The summed E-state index contributed by atoms with van der Waals surface area (Å²) < 4.78 is 2.28. The van der Waals surface area contributed by atoms with Crippen molar-refractivity contribution in [1.82, 2.24) is 29.7 Å². The molecule has 150 valence electrons. The zero-order chi connectivity index (χ0) is 19.8. The van der Waals surface area contributed by atoms with Crippen LogP contribution in [0, 0.1) is 0 Å². The van der Waals surface area contributed by atoms with Gasteiger partial charge in [-0.1, -0.05) is 6.92 Å². The van der Waals surface area contributed by atoms with Gasteiger partial charge in [-0.3, -0.25) is 4.79 Å². The lowest BCUT2D eigenvalue weighted by Crippen LogP contribution is -2.34. The van der Waals surface area contributed by atoms with Crippen molar-refractivity contribution in [3.63, 3.8) is 0 Å². The summed E-state index contributed by atoms with van der Waals surface area (Å²) in [5.74, 6) is 3.16. The summed E-state index contributed by atoms with van der Waals surface area (Å²) in [7, 11) is 0. The lowest BCUT2D eigenvalue weighted by molar-refractivity contribution is 0.463. The molecule has 3 aromatic rings. The minimum absolute atomic E-state index is 0.128. The smallest absolute Gasteiger partial charge is 0.251 e. The minimum atomic E-state index is -0.128. The number of piperidine rings is 1. The van der Waals surface area contributed by atoms with Crippen molar-refractivity contribution in [2.24, 2.45) is 0 Å². The first-order valence-electron chi connectivity index (χ1n) is 10.4. The van der Waals surface area contributed by atoms with E-state index >= 15 is 0 Å². The number of rotatable bonds is 5. The average Bonchev–Trinajstić information content (AvgIpc) is 3.50. The molecule has 0 bridgehead atoms. The molecule has 1 saturated carbocycles. The van der Waals surface area contributed by atoms with E-state index in [4.69, 9.17) is 0 Å². The summed E-state index contributed by atoms with van der Waals surface area (Å²) in [5, 5.41) is 8.56. The van der Waals surface area contributed by atoms with Gasteiger partial charge in [0.25, 0.3) is 5.56 Å². The highest BCUT2D eigenvalue weighted by Crippen LogP contribution is 2.38. The molecule has 4 heterocycles. The van der Waals surface area contributed by atoms with Crippen LogP contribution in [0.15, 0.2) is 35.5 Å². The maximum Gasteiger partial charge on any atom is 0.251 e. The van der Waals surface area contributed by atoms with Gasteiger partial charge in [0, 0.05) is 48.6 Å². The number of anilines is 1. The van der Waals surface area contributed by atoms with Crippen LogP contribution in [0.3, 0.4) is 0 Å². The van der Waals surface area contributed by atoms with Gasteiger partial charge in [0.2, 0.25) is 0 Å². The molecule has 1 saturated heterocycles. The number of aromatic amines is 1. The highest BCUT2D eigenvalue weighted by molar-refractivity contribution is 5.56. The van der Waals surface area contributed by atoms with E-state index in [0.717, 1.165) is 55.3 Å². The molecule has 2 aliphatic rings. The van der Waals surface area contributed by atoms with Crippen LogP contribution >= 0.6 is 0 Å². The summed E-state index contributed by atoms with van der Waals surface area (Å²) >= 11 is 0. The van der Waals surface area contributed by atoms with Crippen molar-refractivity contribution >= 4 is 5.82 Å². The molecule has 8 heteroatoms. The predicted molar refractivity (Wildman–Crippen MR) is 110 cm³/mol. The molecule has 0 unspecified atom stereocenters. The van der Waals surface area contributed by atoms with Crippen LogP contribution in [-0.2, 0) is 6.42 Å². The number of aromatic nitrogens is 6. The van der Waals surface area contributed by atoms with Crippen molar-refractivity contribution in [3.05, 3.63) is 52.6 Å². The van der Waals surface area contributed by atoms with Gasteiger partial charge in [0.1, 0.15) is 23.8 Å². The fraction of sp³-hybridized carbons (Fsp3) is 0.476. The lowest BCUT2D eigenvalue weighted by Gasteiger charge is -2.32. The molecule has 3 aromatic heterocycles. The van der Waals surface area contributed by atoms with Crippen molar-refractivity contribution in [3.8, 4) is 11.4 Å². The maximum atomic E-state index is 11.8. The number of hydrogen-bond donors (Lipinski definition) is 1. The molecule has 5 rings (SSSR count). The zero-order valence-electron chi connectivity index (χ0n) is 16.6. The van der Waals surface area contributed by atoms with Gasteiger partial charge in [-0.2, -0.15) is 0 Å². The summed E-state index contributed by atoms with van der Waals surface area (Å²) in [4.78, 5) is 26.1. The van der Waals surface area contributed by atoms with E-state index in [2.05, 4.69) is 34.6 Å². The first-order chi connectivity index (χ1) is 14.2. The number of hydrogen-bond acceptors (Lipinski definition) is 6. The van der Waals surface area contributed by atoms with Gasteiger partial charge in [0.05, 0.1) is 0 Å². The molecule has 1 aliphatic carbocycles. The highest BCUT2D eigenvalue weighted by Gasteiger charge is 2.31. The molecule has 2 fully saturated rings. The predicted octanol–water partition coefficient (Wildman–Crippen LogP) is 2.70. The average molecular weight is 391 g/mol. The van der Waals surface area contributed by atoms with Crippen molar-refractivity contribution in [1.29, 1.82) is 0 Å². The normalized spacial score (nSPS) is 17.6. The summed E-state index contributed by atoms with van der Waals surface area (Å²) in [6, 6.07) is 6.16. The fourth-order valence-electron chi connectivity index (χ4n) is 4.08. The van der Waals surface area contributed by atoms with Crippen LogP contribution in [0.25, 0.3) is 11.4 Å². The second-order valence-corrected chi connectivity index (χ2v) is 7.93. The molecule has 29 heavy (non-hydrogen) atoms. The molecule has 0 aromatic carbocycles. The topological polar surface area (TPSA) is 92.6 Å². The van der Waals surface area contributed by atoms with E-state index in [1.54, 1.807) is 12.3 Å². The quantitative estimate of drug-likeness (QED) is 0.719. The van der Waals surface area contributed by atoms with E-state index in [0.29, 0.717) is 17.8 Å². The number of pyridine rings is 1. The van der Waals surface area contributed by atoms with Crippen LogP contribution < -0.4 is 10.5 Å². The lowest BCUT2D eigenvalue weighted by atomic mass is 9.96. The Hall–Kier alpha value is -3.03. The summed E-state index contributed by atoms with van der Waals surface area (Å²) in [5.41, 5.74) is 1.49. The Bertz CT molecular complexity index is 1040. The summed E-state index contributed by atoms with van der Waals surface area (Å²) in [6.07, 6.45) is 9.04. The molecular weight excluding hydrogens is 366 g/mol. The second kappa shape index (κ2) is 7.42. The molecule has 0 amide bonds. The molecule has 1 N–H and O–H groups in total. The number of H-pyrrole nitrogens is 1. The van der Waals surface area contributed by atoms with Gasteiger partial charge in [-0.05, 0) is 44.2 Å². The second-order valence-electron chi connectivity index (χ2n) is 7.93. The molecule has 1 aliphatic heterocycles. The molecule has 0 atom stereocenters. The Morgan fingerprint density at radius 2 is 2.00 bits per heavy atom. The monoisotopic (exact) mass is 391 g/mol. The van der Waals surface area contributed by atoms with Gasteiger partial charge in [0.15, 0.2) is 0 Å². The number of nitrogens with zero attached hydrogens (tertiary/aromatic N) is 6. The Morgan fingerprint density at radius 1 is 1.17 bits per heavy atom. The Labute approximate surface area is 169 Å². The van der Waals surface area contributed by atoms with Crippen LogP contribution in [0.4, 0.5) is 5.82 Å². The molecule has 0 radical (unpaired) electrons. The van der Waals surface area contributed by atoms with E-state index in [-0.39, 0.29) is 5.56 Å². The van der Waals surface area contributed by atoms with E-state index in [1.807, 2.05) is 25.4 Å². The van der Waals surface area contributed by atoms with Gasteiger partial charge in [-0.15, -0.1) is 10.2 Å². The number of nitrogens with one attached hydrogen (secondary N) is 1. The zero-order valence-corrected chi connectivity index (χ0v) is 16.6. The van der Waals surface area contributed by atoms with Crippen LogP contribution in [0.1, 0.15) is 56.1 Å². The standard InChI is InChI=1S/C21H25N7O/c1-2-16-11-19(29)25-20(24-16)15-3-6-18(22-12-15)27-9-7-14(8-10-27)21-26-23-13-28(21)17-4-5-17/h3,6,11-14,17H,2,4-5,7-10H2,1H3,(H,24,25,29). The van der Waals surface area contributed by atoms with Crippen molar-refractivity contribution in [2.45, 2.75) is 51.0 Å². The Balaban J connectivity index is 1.27. The minimum Gasteiger partial charge on any atom is -0.357 e. The first-order valence-corrected chi connectivity index (χ1v) is 10.4. The molecular formula is C21H25N7O. The molecule has 0 spiro atoms. The summed E-state index contributed by atoms with van der Waals surface area (Å²) in [6.45, 7) is 3.90. The van der Waals surface area contributed by atoms with E-state index < -0.39 is 0 Å². The number of aryl methyl sites for hydroxylation is 1. The third-order valence-electron chi connectivity index (χ3n) is 5.90. The third-order valence-corrected chi connectivity index (χ3v) is 5.90. The SMILES string of the molecule is CCc1cc(=O)[nH]c(-c2ccc(N3CCC(c4nncn4C4CC4)CC3)nc2)n1. The van der Waals surface area contributed by atoms with E-state index in [9.17, 15) is 4.79 Å². The van der Waals surface area contributed by atoms with E-state index in [1.165, 1.54) is 12.8 Å².